The molecule has 0 bridgehead atoms. The number of nitrogens with zero attached hydrogens (tertiary/aromatic N) is 1. The van der Waals surface area contributed by atoms with Crippen molar-refractivity contribution in [1.82, 2.24) is 4.98 Å². The first-order chi connectivity index (χ1) is 7.27. The molecular formula is C8H3F6NO. The van der Waals surface area contributed by atoms with Crippen molar-refractivity contribution in [2.45, 2.75) is 12.6 Å². The molecule has 0 aliphatic heterocycles. The number of hydrogen-bond acceptors (Lipinski definition) is 2. The summed E-state index contributed by atoms with van der Waals surface area (Å²) in [6.45, 7) is 0. The second-order valence-electron chi connectivity index (χ2n) is 2.72. The van der Waals surface area contributed by atoms with E-state index in [-0.39, 0.29) is 12.4 Å². The van der Waals surface area contributed by atoms with Crippen LogP contribution in [0.5, 0.6) is 0 Å². The predicted molar refractivity (Wildman–Crippen MR) is 39.5 cm³/mol. The Kier molecular flexibility index (Phi) is 3.20. The van der Waals surface area contributed by atoms with Gasteiger partial charge in [-0.25, -0.2) is 13.8 Å². The molecule has 0 atom stereocenters. The van der Waals surface area contributed by atoms with Crippen LogP contribution in [0.3, 0.4) is 0 Å². The predicted octanol–water partition coefficient (Wildman–Crippen LogP) is 2.99. The Bertz CT molecular complexity index is 414. The lowest BCUT2D eigenvalue weighted by atomic mass is 10.1. The molecule has 8 heteroatoms. The number of halogens is 6. The van der Waals surface area contributed by atoms with Crippen LogP contribution < -0.4 is 0 Å². The second-order valence-corrected chi connectivity index (χ2v) is 2.72. The fourth-order valence-corrected chi connectivity index (χ4v) is 0.996. The number of aldehydes is 1. The average Bonchev–Trinajstić information content (AvgIpc) is 2.15. The highest BCUT2D eigenvalue weighted by molar-refractivity contribution is 5.75. The van der Waals surface area contributed by atoms with Crippen LogP contribution in [0.15, 0.2) is 6.07 Å². The summed E-state index contributed by atoms with van der Waals surface area (Å²) >= 11 is 0. The molecule has 1 rings (SSSR count). The molecule has 0 aliphatic carbocycles. The highest BCUT2D eigenvalue weighted by Crippen LogP contribution is 2.35. The Morgan fingerprint density at radius 2 is 1.88 bits per heavy atom. The van der Waals surface area contributed by atoms with Gasteiger partial charge < -0.3 is 0 Å². The quantitative estimate of drug-likeness (QED) is 0.454. The fourth-order valence-electron chi connectivity index (χ4n) is 0.996. The van der Waals surface area contributed by atoms with Crippen LogP contribution in [-0.4, -0.2) is 11.3 Å². The summed E-state index contributed by atoms with van der Waals surface area (Å²) in [5.41, 5.74) is -4.56. The van der Waals surface area contributed by atoms with Gasteiger partial charge in [0.05, 0.1) is 11.1 Å². The standard InChI is InChI=1S/C8H3F6NO/c9-6(10)5-4(8(12,13)14)1-3(2-16)7(11)15-5/h1-2,6H. The molecule has 1 heterocycles. The van der Waals surface area contributed by atoms with Gasteiger partial charge in [-0.2, -0.15) is 17.6 Å². The molecule has 0 N–H and O–H groups in total. The van der Waals surface area contributed by atoms with E-state index in [1.807, 2.05) is 0 Å². The van der Waals surface area contributed by atoms with E-state index in [2.05, 4.69) is 4.98 Å². The van der Waals surface area contributed by atoms with Gasteiger partial charge >= 0.3 is 6.18 Å². The average molecular weight is 243 g/mol. The van der Waals surface area contributed by atoms with E-state index in [1.165, 1.54) is 0 Å². The number of hydrogen-bond donors (Lipinski definition) is 0. The third kappa shape index (κ3) is 2.31. The topological polar surface area (TPSA) is 30.0 Å². The summed E-state index contributed by atoms with van der Waals surface area (Å²) in [5.74, 6) is -1.65. The Labute approximate surface area is 84.9 Å². The van der Waals surface area contributed by atoms with Crippen LogP contribution in [0.2, 0.25) is 0 Å². The zero-order chi connectivity index (χ0) is 12.5. The smallest absolute Gasteiger partial charge is 0.298 e. The van der Waals surface area contributed by atoms with Crippen molar-refractivity contribution >= 4 is 6.29 Å². The van der Waals surface area contributed by atoms with Crippen molar-refractivity contribution in [2.24, 2.45) is 0 Å². The minimum atomic E-state index is -5.12. The van der Waals surface area contributed by atoms with Gasteiger partial charge in [-0.3, -0.25) is 4.79 Å². The van der Waals surface area contributed by atoms with E-state index in [0.29, 0.717) is 0 Å². The maximum Gasteiger partial charge on any atom is 0.418 e. The molecule has 0 aliphatic rings. The Morgan fingerprint density at radius 3 is 2.25 bits per heavy atom. The molecule has 0 amide bonds. The molecule has 16 heavy (non-hydrogen) atoms. The summed E-state index contributed by atoms with van der Waals surface area (Å²) in [6, 6.07) is 0.0107. The lowest BCUT2D eigenvalue weighted by Crippen LogP contribution is -2.14. The molecule has 0 aromatic carbocycles. The van der Waals surface area contributed by atoms with Gasteiger partial charge in [0.25, 0.3) is 6.43 Å². The first kappa shape index (κ1) is 12.5. The van der Waals surface area contributed by atoms with Gasteiger partial charge in [-0.05, 0) is 6.07 Å². The number of pyridine rings is 1. The van der Waals surface area contributed by atoms with Gasteiger partial charge in [0.2, 0.25) is 5.95 Å². The van der Waals surface area contributed by atoms with E-state index in [4.69, 9.17) is 0 Å². The van der Waals surface area contributed by atoms with Crippen molar-refractivity contribution < 1.29 is 31.1 Å². The largest absolute Gasteiger partial charge is 0.418 e. The monoisotopic (exact) mass is 243 g/mol. The zero-order valence-corrected chi connectivity index (χ0v) is 7.36. The van der Waals surface area contributed by atoms with E-state index in [1.54, 1.807) is 0 Å². The molecule has 1 aromatic heterocycles. The number of carbonyl (C=O) groups is 1. The number of aromatic nitrogens is 1. The summed E-state index contributed by atoms with van der Waals surface area (Å²) in [7, 11) is 0. The van der Waals surface area contributed by atoms with Crippen molar-refractivity contribution in [3.05, 3.63) is 28.8 Å². The van der Waals surface area contributed by atoms with Gasteiger partial charge in [-0.1, -0.05) is 0 Å². The van der Waals surface area contributed by atoms with E-state index in [0.717, 1.165) is 0 Å². The van der Waals surface area contributed by atoms with Gasteiger partial charge in [-0.15, -0.1) is 0 Å². The minimum absolute atomic E-state index is 0.0107. The molecule has 1 aromatic rings. The van der Waals surface area contributed by atoms with Crippen LogP contribution in [0.1, 0.15) is 28.0 Å². The number of carbonyl (C=O) groups excluding carboxylic acids is 1. The van der Waals surface area contributed by atoms with Crippen LogP contribution in [-0.2, 0) is 6.18 Å². The third-order valence-corrected chi connectivity index (χ3v) is 1.67. The van der Waals surface area contributed by atoms with Gasteiger partial charge in [0.1, 0.15) is 5.69 Å². The van der Waals surface area contributed by atoms with Crippen molar-refractivity contribution in [3.63, 3.8) is 0 Å². The van der Waals surface area contributed by atoms with E-state index < -0.39 is 35.4 Å². The van der Waals surface area contributed by atoms with Crippen molar-refractivity contribution in [2.75, 3.05) is 0 Å². The maximum atomic E-state index is 12.7. The molecule has 0 radical (unpaired) electrons. The molecular weight excluding hydrogens is 240 g/mol. The van der Waals surface area contributed by atoms with Crippen LogP contribution in [0, 0.1) is 5.95 Å². The van der Waals surface area contributed by atoms with E-state index >= 15 is 0 Å². The SMILES string of the molecule is O=Cc1cc(C(F)(F)F)c(C(F)F)nc1F. The Balaban J connectivity index is 3.49. The molecule has 0 spiro atoms. The van der Waals surface area contributed by atoms with Gasteiger partial charge in [0.15, 0.2) is 6.29 Å². The van der Waals surface area contributed by atoms with E-state index in [9.17, 15) is 31.1 Å². The molecule has 0 saturated heterocycles. The fraction of sp³-hybridized carbons (Fsp3) is 0.250. The zero-order valence-electron chi connectivity index (χ0n) is 7.36. The minimum Gasteiger partial charge on any atom is -0.298 e. The number of alkyl halides is 5. The summed E-state index contributed by atoms with van der Waals surface area (Å²) in [5, 5.41) is 0. The molecule has 88 valence electrons. The van der Waals surface area contributed by atoms with Crippen LogP contribution in [0.4, 0.5) is 26.3 Å². The van der Waals surface area contributed by atoms with Gasteiger partial charge in [0, 0.05) is 0 Å². The highest BCUT2D eigenvalue weighted by atomic mass is 19.4. The molecule has 2 nitrogen and oxygen atoms in total. The lowest BCUT2D eigenvalue weighted by Gasteiger charge is -2.12. The number of rotatable bonds is 2. The van der Waals surface area contributed by atoms with Crippen molar-refractivity contribution in [1.29, 1.82) is 0 Å². The summed E-state index contributed by atoms with van der Waals surface area (Å²) in [6.07, 6.45) is -8.93. The highest BCUT2D eigenvalue weighted by Gasteiger charge is 2.37. The maximum absolute atomic E-state index is 12.7. The third-order valence-electron chi connectivity index (χ3n) is 1.67. The molecule has 0 fully saturated rings. The summed E-state index contributed by atoms with van der Waals surface area (Å²) < 4.78 is 73.8. The Hall–Kier alpha value is -1.60. The molecule has 0 saturated carbocycles. The second kappa shape index (κ2) is 4.11. The first-order valence-electron chi connectivity index (χ1n) is 3.78. The Morgan fingerprint density at radius 1 is 1.31 bits per heavy atom. The molecule has 0 unspecified atom stereocenters. The van der Waals surface area contributed by atoms with Crippen LogP contribution >= 0.6 is 0 Å². The lowest BCUT2D eigenvalue weighted by molar-refractivity contribution is -0.140. The first-order valence-corrected chi connectivity index (χ1v) is 3.78. The summed E-state index contributed by atoms with van der Waals surface area (Å²) in [4.78, 5) is 12.6. The van der Waals surface area contributed by atoms with Crippen LogP contribution in [0.25, 0.3) is 0 Å². The van der Waals surface area contributed by atoms with Crippen molar-refractivity contribution in [3.8, 4) is 0 Å². The normalized spacial score (nSPS) is 11.9.